The SMILES string of the molecule is Cn1[c]cc(-c2ccc(C(F)(F)F)cc2C(F)(F)F)n1. The molecule has 0 fully saturated rings. The first-order chi connectivity index (χ1) is 9.09. The van der Waals surface area contributed by atoms with Crippen LogP contribution in [-0.2, 0) is 19.4 Å². The van der Waals surface area contributed by atoms with Gasteiger partial charge in [0.1, 0.15) is 0 Å². The van der Waals surface area contributed by atoms with Gasteiger partial charge in [-0.2, -0.15) is 31.4 Å². The fourth-order valence-electron chi connectivity index (χ4n) is 1.68. The van der Waals surface area contributed by atoms with E-state index in [0.29, 0.717) is 6.07 Å². The summed E-state index contributed by atoms with van der Waals surface area (Å²) in [6, 6.07) is 2.63. The first-order valence-corrected chi connectivity index (χ1v) is 5.29. The molecule has 1 radical (unpaired) electrons. The second-order valence-electron chi connectivity index (χ2n) is 4.04. The normalized spacial score (nSPS) is 12.8. The number of aryl methyl sites for hydroxylation is 1. The Morgan fingerprint density at radius 3 is 2.15 bits per heavy atom. The van der Waals surface area contributed by atoms with E-state index in [1.807, 2.05) is 0 Å². The lowest BCUT2D eigenvalue weighted by Crippen LogP contribution is -2.12. The van der Waals surface area contributed by atoms with E-state index in [9.17, 15) is 26.3 Å². The highest BCUT2D eigenvalue weighted by Gasteiger charge is 2.38. The van der Waals surface area contributed by atoms with Crippen molar-refractivity contribution in [2.45, 2.75) is 12.4 Å². The molecule has 0 aliphatic heterocycles. The number of aromatic nitrogens is 2. The van der Waals surface area contributed by atoms with Crippen LogP contribution < -0.4 is 0 Å². The summed E-state index contributed by atoms with van der Waals surface area (Å²) in [5.41, 5.74) is -3.23. The Kier molecular flexibility index (Phi) is 3.27. The molecule has 2 nitrogen and oxygen atoms in total. The van der Waals surface area contributed by atoms with Gasteiger partial charge < -0.3 is 0 Å². The Morgan fingerprint density at radius 2 is 1.70 bits per heavy atom. The third-order valence-electron chi connectivity index (χ3n) is 2.57. The molecule has 1 heterocycles. The molecule has 2 aromatic rings. The number of halogens is 6. The third kappa shape index (κ3) is 2.78. The van der Waals surface area contributed by atoms with Gasteiger partial charge in [-0.25, -0.2) is 0 Å². The number of nitrogens with zero attached hydrogens (tertiary/aromatic N) is 2. The number of rotatable bonds is 1. The van der Waals surface area contributed by atoms with E-state index in [0.717, 1.165) is 10.7 Å². The number of alkyl halides is 6. The smallest absolute Gasteiger partial charge is 0.266 e. The van der Waals surface area contributed by atoms with Crippen molar-refractivity contribution in [2.75, 3.05) is 0 Å². The molecule has 0 bridgehead atoms. The molecular formula is C12H7F6N2. The minimum absolute atomic E-state index is 0.0873. The highest BCUT2D eigenvalue weighted by molar-refractivity contribution is 5.65. The van der Waals surface area contributed by atoms with Crippen molar-refractivity contribution in [3.63, 3.8) is 0 Å². The standard InChI is InChI=1S/C12H7F6N2/c1-20-5-4-10(19-20)8-3-2-7(11(13,14)15)6-9(8)12(16,17)18/h2-4,6H,1H3. The number of hydrogen-bond donors (Lipinski definition) is 0. The second-order valence-corrected chi connectivity index (χ2v) is 4.04. The van der Waals surface area contributed by atoms with Gasteiger partial charge in [0.15, 0.2) is 0 Å². The molecule has 0 aliphatic rings. The van der Waals surface area contributed by atoms with Crippen LogP contribution in [0.5, 0.6) is 0 Å². The van der Waals surface area contributed by atoms with E-state index in [1.165, 1.54) is 13.1 Å². The summed E-state index contributed by atoms with van der Waals surface area (Å²) in [5, 5.41) is 3.73. The third-order valence-corrected chi connectivity index (χ3v) is 2.57. The van der Waals surface area contributed by atoms with E-state index in [4.69, 9.17) is 0 Å². The van der Waals surface area contributed by atoms with Gasteiger partial charge >= 0.3 is 12.4 Å². The van der Waals surface area contributed by atoms with Crippen molar-refractivity contribution in [2.24, 2.45) is 7.05 Å². The molecular weight excluding hydrogens is 286 g/mol. The van der Waals surface area contributed by atoms with Crippen LogP contribution in [0.2, 0.25) is 0 Å². The summed E-state index contributed by atoms with van der Waals surface area (Å²) in [7, 11) is 1.45. The van der Waals surface area contributed by atoms with Crippen LogP contribution in [0.3, 0.4) is 0 Å². The Hall–Kier alpha value is -1.99. The van der Waals surface area contributed by atoms with Gasteiger partial charge in [-0.1, -0.05) is 6.07 Å². The Balaban J connectivity index is 2.64. The Bertz CT molecular complexity index is 624. The summed E-state index contributed by atoms with van der Waals surface area (Å²) in [5.74, 6) is 0. The predicted octanol–water partition coefficient (Wildman–Crippen LogP) is 3.92. The molecule has 0 atom stereocenters. The maximum Gasteiger partial charge on any atom is 0.417 e. The van der Waals surface area contributed by atoms with Gasteiger partial charge in [-0.05, 0) is 18.2 Å². The van der Waals surface area contributed by atoms with Gasteiger partial charge in [-0.15, -0.1) is 0 Å². The zero-order chi connectivity index (χ0) is 15.1. The van der Waals surface area contributed by atoms with Gasteiger partial charge in [-0.3, -0.25) is 4.68 Å². The quantitative estimate of drug-likeness (QED) is 0.729. The molecule has 0 saturated carbocycles. The van der Waals surface area contributed by atoms with Crippen molar-refractivity contribution in [1.82, 2.24) is 9.78 Å². The molecule has 20 heavy (non-hydrogen) atoms. The fraction of sp³-hybridized carbons (Fsp3) is 0.250. The molecule has 0 aliphatic carbocycles. The fourth-order valence-corrected chi connectivity index (χ4v) is 1.68. The highest BCUT2D eigenvalue weighted by atomic mass is 19.4. The Labute approximate surface area is 109 Å². The van der Waals surface area contributed by atoms with Gasteiger partial charge in [0.2, 0.25) is 0 Å². The van der Waals surface area contributed by atoms with E-state index in [1.54, 1.807) is 0 Å². The maximum absolute atomic E-state index is 12.9. The largest absolute Gasteiger partial charge is 0.417 e. The molecule has 0 spiro atoms. The molecule has 0 saturated heterocycles. The molecule has 1 aromatic heterocycles. The summed E-state index contributed by atoms with van der Waals surface area (Å²) in [6.45, 7) is 0. The topological polar surface area (TPSA) is 17.8 Å². The lowest BCUT2D eigenvalue weighted by Gasteiger charge is -2.14. The first kappa shape index (κ1) is 14.4. The summed E-state index contributed by atoms with van der Waals surface area (Å²) in [4.78, 5) is 0. The molecule has 107 valence electrons. The summed E-state index contributed by atoms with van der Waals surface area (Å²) < 4.78 is 77.3. The number of hydrogen-bond acceptors (Lipinski definition) is 1. The summed E-state index contributed by atoms with van der Waals surface area (Å²) >= 11 is 0. The van der Waals surface area contributed by atoms with Crippen LogP contribution in [0.4, 0.5) is 26.3 Å². The molecule has 0 unspecified atom stereocenters. The predicted molar refractivity (Wildman–Crippen MR) is 57.5 cm³/mol. The van der Waals surface area contributed by atoms with E-state index in [2.05, 4.69) is 11.3 Å². The van der Waals surface area contributed by atoms with Crippen LogP contribution >= 0.6 is 0 Å². The zero-order valence-electron chi connectivity index (χ0n) is 9.97. The van der Waals surface area contributed by atoms with E-state index < -0.39 is 29.0 Å². The average Bonchev–Trinajstić information content (AvgIpc) is 2.72. The van der Waals surface area contributed by atoms with Crippen molar-refractivity contribution in [3.05, 3.63) is 41.6 Å². The minimum Gasteiger partial charge on any atom is -0.266 e. The molecule has 0 N–H and O–H groups in total. The van der Waals surface area contributed by atoms with Crippen LogP contribution in [0, 0.1) is 6.20 Å². The van der Waals surface area contributed by atoms with E-state index >= 15 is 0 Å². The molecule has 0 amide bonds. The summed E-state index contributed by atoms with van der Waals surface area (Å²) in [6.07, 6.45) is -7.24. The van der Waals surface area contributed by atoms with Crippen molar-refractivity contribution >= 4 is 0 Å². The van der Waals surface area contributed by atoms with E-state index in [-0.39, 0.29) is 11.8 Å². The van der Waals surface area contributed by atoms with Crippen LogP contribution in [0.25, 0.3) is 11.3 Å². The van der Waals surface area contributed by atoms with Crippen molar-refractivity contribution in [3.8, 4) is 11.3 Å². The van der Waals surface area contributed by atoms with Gasteiger partial charge in [0.05, 0.1) is 23.0 Å². The van der Waals surface area contributed by atoms with Gasteiger partial charge in [0.25, 0.3) is 0 Å². The second kappa shape index (κ2) is 4.53. The highest BCUT2D eigenvalue weighted by Crippen LogP contribution is 2.40. The monoisotopic (exact) mass is 293 g/mol. The Morgan fingerprint density at radius 1 is 1.05 bits per heavy atom. The van der Waals surface area contributed by atoms with Crippen LogP contribution in [0.1, 0.15) is 11.1 Å². The van der Waals surface area contributed by atoms with Crippen molar-refractivity contribution < 1.29 is 26.3 Å². The molecule has 1 aromatic carbocycles. The van der Waals surface area contributed by atoms with Gasteiger partial charge in [0, 0.05) is 12.6 Å². The minimum atomic E-state index is -4.91. The molecule has 8 heteroatoms. The van der Waals surface area contributed by atoms with Crippen LogP contribution in [-0.4, -0.2) is 9.78 Å². The zero-order valence-corrected chi connectivity index (χ0v) is 9.97. The first-order valence-electron chi connectivity index (χ1n) is 5.29. The van der Waals surface area contributed by atoms with Crippen LogP contribution in [0.15, 0.2) is 24.3 Å². The lowest BCUT2D eigenvalue weighted by atomic mass is 10.0. The lowest BCUT2D eigenvalue weighted by molar-refractivity contribution is -0.142. The number of benzene rings is 1. The average molecular weight is 293 g/mol. The maximum atomic E-state index is 12.9. The van der Waals surface area contributed by atoms with Crippen molar-refractivity contribution in [1.29, 1.82) is 0 Å². The molecule has 2 rings (SSSR count).